The van der Waals surface area contributed by atoms with Gasteiger partial charge in [-0.2, -0.15) is 0 Å². The maximum Gasteiger partial charge on any atom is 0.247 e. The van der Waals surface area contributed by atoms with Gasteiger partial charge in [-0.3, -0.25) is 14.5 Å². The van der Waals surface area contributed by atoms with Crippen LogP contribution in [-0.4, -0.2) is 76.0 Å². The molecular weight excluding hydrogens is 588 g/mol. The van der Waals surface area contributed by atoms with Crippen molar-refractivity contribution >= 4 is 33.4 Å². The lowest BCUT2D eigenvalue weighted by molar-refractivity contribution is -0.141. The predicted molar refractivity (Wildman–Crippen MR) is 167 cm³/mol. The zero-order valence-electron chi connectivity index (χ0n) is 24.4. The highest BCUT2D eigenvalue weighted by atomic mass is 35.5. The average Bonchev–Trinajstić information content (AvgIpc) is 3.02. The summed E-state index contributed by atoms with van der Waals surface area (Å²) in [5.41, 5.74) is 2.38. The Kier molecular flexibility index (Phi) is 12.1. The highest BCUT2D eigenvalue weighted by Gasteiger charge is 2.31. The third kappa shape index (κ3) is 9.61. The third-order valence-corrected chi connectivity index (χ3v) is 9.10. The number of hydrogen-bond donors (Lipinski definition) is 2. The molecule has 0 bridgehead atoms. The van der Waals surface area contributed by atoms with Gasteiger partial charge in [0.2, 0.25) is 21.8 Å². The maximum atomic E-state index is 13.9. The van der Waals surface area contributed by atoms with Crippen LogP contribution in [0, 0.1) is 0 Å². The normalized spacial score (nSPS) is 14.7. The second kappa shape index (κ2) is 16.0. The lowest BCUT2D eigenvalue weighted by Crippen LogP contribution is -2.46. The molecule has 9 nitrogen and oxygen atoms in total. The Morgan fingerprint density at radius 1 is 0.953 bits per heavy atom. The molecule has 0 radical (unpaired) electrons. The maximum absolute atomic E-state index is 13.9. The molecule has 0 aromatic heterocycles. The van der Waals surface area contributed by atoms with Gasteiger partial charge in [-0.15, -0.1) is 0 Å². The van der Waals surface area contributed by atoms with Crippen molar-refractivity contribution in [3.05, 3.63) is 101 Å². The highest BCUT2D eigenvalue weighted by molar-refractivity contribution is 7.89. The number of hydrogen-bond acceptors (Lipinski definition) is 6. The third-order valence-electron chi connectivity index (χ3n) is 7.29. The van der Waals surface area contributed by atoms with E-state index >= 15 is 0 Å². The molecule has 1 fully saturated rings. The summed E-state index contributed by atoms with van der Waals surface area (Å²) in [7, 11) is -3.56. The van der Waals surface area contributed by atoms with Crippen LogP contribution in [0.3, 0.4) is 0 Å². The summed E-state index contributed by atoms with van der Waals surface area (Å²) in [5, 5.41) is 3.65. The summed E-state index contributed by atoms with van der Waals surface area (Å²) in [6.07, 6.45) is 0.523. The number of carbonyl (C=O) groups is 2. The van der Waals surface area contributed by atoms with Crippen molar-refractivity contribution in [2.24, 2.45) is 0 Å². The van der Waals surface area contributed by atoms with Crippen molar-refractivity contribution in [1.29, 1.82) is 0 Å². The average molecular weight is 627 g/mol. The number of sulfonamides is 1. The number of amides is 2. The largest absolute Gasteiger partial charge is 0.379 e. The van der Waals surface area contributed by atoms with Crippen LogP contribution in [0.5, 0.6) is 0 Å². The Balaban J connectivity index is 1.54. The molecule has 1 heterocycles. The summed E-state index contributed by atoms with van der Waals surface area (Å²) in [5.74, 6) is -0.448. The summed E-state index contributed by atoms with van der Waals surface area (Å²) in [4.78, 5) is 31.8. The minimum Gasteiger partial charge on any atom is -0.379 e. The van der Waals surface area contributed by atoms with E-state index in [4.69, 9.17) is 16.3 Å². The quantitative estimate of drug-likeness (QED) is 0.282. The Morgan fingerprint density at radius 3 is 2.26 bits per heavy atom. The first-order valence-corrected chi connectivity index (χ1v) is 16.4. The molecule has 1 atom stereocenters. The first kappa shape index (κ1) is 32.6. The standard InChI is InChI=1S/C32H39ClN4O5S/c1-2-35-43(40,41)29-15-10-25(11-16-29)12-17-30(38)37(24-26-8-13-28(33)14-9-26)31(27-6-4-3-5-7-27)32(39)34-18-19-36-20-22-42-23-21-36/h3-11,13-16,31,35H,2,12,17-24H2,1H3,(H,34,39)/t31-/m1/s1. The van der Waals surface area contributed by atoms with Crippen molar-refractivity contribution < 1.29 is 22.7 Å². The molecule has 1 aliphatic heterocycles. The monoisotopic (exact) mass is 626 g/mol. The summed E-state index contributed by atoms with van der Waals surface area (Å²) < 4.78 is 32.5. The summed E-state index contributed by atoms with van der Waals surface area (Å²) in [6, 6.07) is 22.2. The van der Waals surface area contributed by atoms with Gasteiger partial charge in [0, 0.05) is 50.7 Å². The minimum absolute atomic E-state index is 0.136. The number of benzene rings is 3. The Hall–Kier alpha value is -3.28. The molecule has 1 saturated heterocycles. The highest BCUT2D eigenvalue weighted by Crippen LogP contribution is 2.26. The van der Waals surface area contributed by atoms with Crippen LogP contribution in [0.4, 0.5) is 0 Å². The molecule has 1 aliphatic rings. The molecule has 0 saturated carbocycles. The molecule has 0 spiro atoms. The first-order chi connectivity index (χ1) is 20.8. The van der Waals surface area contributed by atoms with Crippen LogP contribution < -0.4 is 10.0 Å². The second-order valence-electron chi connectivity index (χ2n) is 10.4. The van der Waals surface area contributed by atoms with Crippen LogP contribution >= 0.6 is 11.6 Å². The van der Waals surface area contributed by atoms with Gasteiger partial charge in [-0.05, 0) is 47.4 Å². The van der Waals surface area contributed by atoms with E-state index in [1.165, 1.54) is 12.1 Å². The van der Waals surface area contributed by atoms with Crippen LogP contribution in [0.1, 0.15) is 36.1 Å². The van der Waals surface area contributed by atoms with E-state index in [0.29, 0.717) is 49.9 Å². The molecule has 0 unspecified atom stereocenters. The van der Waals surface area contributed by atoms with E-state index in [-0.39, 0.29) is 29.7 Å². The van der Waals surface area contributed by atoms with Crippen molar-refractivity contribution in [2.45, 2.75) is 37.2 Å². The molecule has 230 valence electrons. The van der Waals surface area contributed by atoms with Crippen molar-refractivity contribution in [3.63, 3.8) is 0 Å². The van der Waals surface area contributed by atoms with Gasteiger partial charge in [-0.1, -0.05) is 73.1 Å². The first-order valence-electron chi connectivity index (χ1n) is 14.5. The number of halogens is 1. The van der Waals surface area contributed by atoms with E-state index in [9.17, 15) is 18.0 Å². The van der Waals surface area contributed by atoms with Gasteiger partial charge < -0.3 is 15.0 Å². The molecule has 43 heavy (non-hydrogen) atoms. The molecule has 3 aromatic rings. The number of morpholine rings is 1. The fourth-order valence-electron chi connectivity index (χ4n) is 4.98. The zero-order valence-corrected chi connectivity index (χ0v) is 25.9. The fourth-order valence-corrected chi connectivity index (χ4v) is 6.15. The molecule has 2 amide bonds. The van der Waals surface area contributed by atoms with Crippen LogP contribution in [0.2, 0.25) is 5.02 Å². The van der Waals surface area contributed by atoms with E-state index < -0.39 is 16.1 Å². The fraction of sp³-hybridized carbons (Fsp3) is 0.375. The molecule has 11 heteroatoms. The van der Waals surface area contributed by atoms with Crippen LogP contribution in [0.25, 0.3) is 0 Å². The smallest absolute Gasteiger partial charge is 0.247 e. The number of nitrogens with one attached hydrogen (secondary N) is 2. The van der Waals surface area contributed by atoms with Gasteiger partial charge in [0.25, 0.3) is 0 Å². The number of nitrogens with zero attached hydrogens (tertiary/aromatic N) is 2. The molecule has 0 aliphatic carbocycles. The Morgan fingerprint density at radius 2 is 1.60 bits per heavy atom. The predicted octanol–water partition coefficient (Wildman–Crippen LogP) is 3.79. The van der Waals surface area contributed by atoms with Gasteiger partial charge in [0.1, 0.15) is 6.04 Å². The SMILES string of the molecule is CCNS(=O)(=O)c1ccc(CCC(=O)N(Cc2ccc(Cl)cc2)[C@@H](C(=O)NCCN2CCOCC2)c2ccccc2)cc1. The van der Waals surface area contributed by atoms with Gasteiger partial charge in [0.15, 0.2) is 0 Å². The molecular formula is C32H39ClN4O5S. The van der Waals surface area contributed by atoms with Gasteiger partial charge in [0.05, 0.1) is 18.1 Å². The van der Waals surface area contributed by atoms with E-state index in [1.807, 2.05) is 42.5 Å². The Bertz CT molecular complexity index is 1430. The number of ether oxygens (including phenoxy) is 1. The van der Waals surface area contributed by atoms with E-state index in [2.05, 4.69) is 14.9 Å². The molecule has 3 aromatic carbocycles. The molecule has 4 rings (SSSR count). The minimum atomic E-state index is -3.56. The van der Waals surface area contributed by atoms with Crippen molar-refractivity contribution in [3.8, 4) is 0 Å². The van der Waals surface area contributed by atoms with E-state index in [0.717, 1.165) is 24.2 Å². The summed E-state index contributed by atoms with van der Waals surface area (Å²) >= 11 is 6.12. The lowest BCUT2D eigenvalue weighted by Gasteiger charge is -2.32. The van der Waals surface area contributed by atoms with Gasteiger partial charge in [-0.25, -0.2) is 13.1 Å². The lowest BCUT2D eigenvalue weighted by atomic mass is 10.0. The zero-order chi connectivity index (χ0) is 30.7. The second-order valence-corrected chi connectivity index (χ2v) is 12.6. The number of carbonyl (C=O) groups excluding carboxylic acids is 2. The number of aryl methyl sites for hydroxylation is 1. The number of rotatable bonds is 14. The van der Waals surface area contributed by atoms with Crippen LogP contribution in [-0.2, 0) is 37.3 Å². The van der Waals surface area contributed by atoms with Gasteiger partial charge >= 0.3 is 0 Å². The summed E-state index contributed by atoms with van der Waals surface area (Å²) in [6.45, 7) is 6.38. The van der Waals surface area contributed by atoms with Crippen LogP contribution in [0.15, 0.2) is 83.8 Å². The van der Waals surface area contributed by atoms with E-state index in [1.54, 1.807) is 36.1 Å². The van der Waals surface area contributed by atoms with Crippen molar-refractivity contribution in [1.82, 2.24) is 19.8 Å². The topological polar surface area (TPSA) is 108 Å². The van der Waals surface area contributed by atoms with Crippen molar-refractivity contribution in [2.75, 3.05) is 45.9 Å². The molecule has 2 N–H and O–H groups in total. The Labute approximate surface area is 259 Å².